The summed E-state index contributed by atoms with van der Waals surface area (Å²) in [4.78, 5) is 15.3. The molecule has 2 aromatic heterocycles. The Morgan fingerprint density at radius 2 is 1.86 bits per heavy atom. The molecule has 11 heteroatoms. The average Bonchev–Trinajstić information content (AvgIpc) is 2.84. The number of piperidine rings is 1. The van der Waals surface area contributed by atoms with E-state index in [1.54, 1.807) is 37.3 Å². The van der Waals surface area contributed by atoms with Crippen LogP contribution < -0.4 is 15.2 Å². The molecule has 0 amide bonds. The second-order valence-corrected chi connectivity index (χ2v) is 10.7. The van der Waals surface area contributed by atoms with Crippen LogP contribution in [0.25, 0.3) is 11.4 Å². The summed E-state index contributed by atoms with van der Waals surface area (Å²) in [5, 5.41) is 8.16. The molecular formula is C25H31N7O3S. The SMILES string of the molecule is CC(=N)c1c(N)nc(-c2ccc(NS(=O)(=O)c3cccnc3)cc2)nc1OC1CCN(C(C)C)CC1. The Labute approximate surface area is 211 Å². The Morgan fingerprint density at radius 3 is 2.44 bits per heavy atom. The highest BCUT2D eigenvalue weighted by Gasteiger charge is 2.25. The molecule has 10 nitrogen and oxygen atoms in total. The predicted octanol–water partition coefficient (Wildman–Crippen LogP) is 3.56. The van der Waals surface area contributed by atoms with E-state index in [9.17, 15) is 8.42 Å². The molecule has 0 aliphatic carbocycles. The number of nitrogen functional groups attached to an aromatic ring is 1. The molecule has 36 heavy (non-hydrogen) atoms. The normalized spacial score (nSPS) is 15.1. The number of nitrogens with zero attached hydrogens (tertiary/aromatic N) is 4. The Morgan fingerprint density at radius 1 is 1.17 bits per heavy atom. The van der Waals surface area contributed by atoms with Crippen molar-refractivity contribution in [3.63, 3.8) is 0 Å². The number of benzene rings is 1. The van der Waals surface area contributed by atoms with Crippen LogP contribution in [0.2, 0.25) is 0 Å². The van der Waals surface area contributed by atoms with E-state index in [0.717, 1.165) is 25.9 Å². The van der Waals surface area contributed by atoms with Gasteiger partial charge in [0, 0.05) is 48.5 Å². The molecule has 0 radical (unpaired) electrons. The minimum Gasteiger partial charge on any atom is -0.474 e. The summed E-state index contributed by atoms with van der Waals surface area (Å²) in [5.41, 5.74) is 7.88. The van der Waals surface area contributed by atoms with Crippen LogP contribution in [0.4, 0.5) is 11.5 Å². The van der Waals surface area contributed by atoms with Crippen LogP contribution in [0.3, 0.4) is 0 Å². The number of rotatable bonds is 8. The van der Waals surface area contributed by atoms with Gasteiger partial charge >= 0.3 is 0 Å². The van der Waals surface area contributed by atoms with E-state index in [1.165, 1.54) is 18.5 Å². The molecule has 0 bridgehead atoms. The smallest absolute Gasteiger partial charge is 0.263 e. The van der Waals surface area contributed by atoms with Crippen LogP contribution in [0.1, 0.15) is 39.2 Å². The molecule has 0 unspecified atom stereocenters. The Bertz CT molecular complexity index is 1320. The fraction of sp³-hybridized carbons (Fsp3) is 0.360. The summed E-state index contributed by atoms with van der Waals surface area (Å²) in [5.74, 6) is 0.812. The molecular weight excluding hydrogens is 478 g/mol. The van der Waals surface area contributed by atoms with Crippen molar-refractivity contribution in [2.24, 2.45) is 0 Å². The molecule has 1 aliphatic heterocycles. The lowest BCUT2D eigenvalue weighted by atomic mass is 10.1. The van der Waals surface area contributed by atoms with Crippen molar-refractivity contribution in [3.05, 3.63) is 54.4 Å². The van der Waals surface area contributed by atoms with Crippen LogP contribution in [0, 0.1) is 5.41 Å². The molecule has 1 fully saturated rings. The van der Waals surface area contributed by atoms with E-state index >= 15 is 0 Å². The van der Waals surface area contributed by atoms with E-state index in [2.05, 4.69) is 38.4 Å². The van der Waals surface area contributed by atoms with E-state index in [0.29, 0.717) is 34.6 Å². The highest BCUT2D eigenvalue weighted by molar-refractivity contribution is 7.92. The van der Waals surface area contributed by atoms with E-state index in [1.807, 2.05) is 0 Å². The van der Waals surface area contributed by atoms with Gasteiger partial charge in [-0.2, -0.15) is 4.98 Å². The van der Waals surface area contributed by atoms with Crippen molar-refractivity contribution in [2.75, 3.05) is 23.5 Å². The number of likely N-dealkylation sites (tertiary alicyclic amines) is 1. The number of hydrogen-bond donors (Lipinski definition) is 3. The van der Waals surface area contributed by atoms with Gasteiger partial charge in [0.05, 0.1) is 5.56 Å². The van der Waals surface area contributed by atoms with Gasteiger partial charge in [-0.05, 0) is 70.0 Å². The van der Waals surface area contributed by atoms with E-state index in [-0.39, 0.29) is 22.5 Å². The third-order valence-corrected chi connectivity index (χ3v) is 7.47. The van der Waals surface area contributed by atoms with Gasteiger partial charge < -0.3 is 20.8 Å². The summed E-state index contributed by atoms with van der Waals surface area (Å²) in [6.07, 6.45) is 4.50. The Kier molecular flexibility index (Phi) is 7.51. The molecule has 0 saturated carbocycles. The lowest BCUT2D eigenvalue weighted by Crippen LogP contribution is -2.42. The first-order chi connectivity index (χ1) is 17.1. The number of ether oxygens (including phenoxy) is 1. The lowest BCUT2D eigenvalue weighted by molar-refractivity contribution is 0.0812. The monoisotopic (exact) mass is 509 g/mol. The van der Waals surface area contributed by atoms with Crippen LogP contribution in [0.5, 0.6) is 5.88 Å². The van der Waals surface area contributed by atoms with Gasteiger partial charge in [0.1, 0.15) is 16.8 Å². The molecule has 1 aromatic carbocycles. The topological polar surface area (TPSA) is 147 Å². The number of anilines is 2. The number of hydrogen-bond acceptors (Lipinski definition) is 9. The van der Waals surface area contributed by atoms with Crippen LogP contribution >= 0.6 is 0 Å². The van der Waals surface area contributed by atoms with E-state index < -0.39 is 10.0 Å². The molecule has 3 heterocycles. The first-order valence-electron chi connectivity index (χ1n) is 11.8. The zero-order chi connectivity index (χ0) is 25.9. The molecule has 3 aromatic rings. The third kappa shape index (κ3) is 5.80. The maximum atomic E-state index is 12.6. The quantitative estimate of drug-likeness (QED) is 0.391. The minimum absolute atomic E-state index is 0.0236. The zero-order valence-corrected chi connectivity index (χ0v) is 21.4. The second-order valence-electron chi connectivity index (χ2n) is 9.06. The zero-order valence-electron chi connectivity index (χ0n) is 20.6. The number of nitrogens with one attached hydrogen (secondary N) is 2. The van der Waals surface area contributed by atoms with E-state index in [4.69, 9.17) is 15.9 Å². The van der Waals surface area contributed by atoms with Gasteiger partial charge in [-0.25, -0.2) is 13.4 Å². The van der Waals surface area contributed by atoms with Crippen LogP contribution in [-0.2, 0) is 10.0 Å². The maximum absolute atomic E-state index is 12.6. The highest BCUT2D eigenvalue weighted by Crippen LogP contribution is 2.29. The van der Waals surface area contributed by atoms with Crippen LogP contribution in [-0.4, -0.2) is 59.2 Å². The van der Waals surface area contributed by atoms with Crippen molar-refractivity contribution in [1.82, 2.24) is 19.9 Å². The molecule has 1 saturated heterocycles. The van der Waals surface area contributed by atoms with Crippen LogP contribution in [0.15, 0.2) is 53.7 Å². The summed E-state index contributed by atoms with van der Waals surface area (Å²) < 4.78 is 33.9. The predicted molar refractivity (Wildman–Crippen MR) is 140 cm³/mol. The van der Waals surface area contributed by atoms with Crippen molar-refractivity contribution in [1.29, 1.82) is 5.41 Å². The minimum atomic E-state index is -3.76. The summed E-state index contributed by atoms with van der Waals surface area (Å²) >= 11 is 0. The van der Waals surface area contributed by atoms with Crippen molar-refractivity contribution >= 4 is 27.2 Å². The standard InChI is InChI=1S/C25H31N7O3S/c1-16(2)32-13-10-20(11-14-32)35-25-22(17(3)26)23(27)29-24(30-25)18-6-8-19(9-7-18)31-36(33,34)21-5-4-12-28-15-21/h4-9,12,15-16,20,26,31H,10-11,13-14H2,1-3H3,(H2,27,29,30). The first kappa shape index (κ1) is 25.5. The third-order valence-electron chi connectivity index (χ3n) is 6.10. The molecule has 0 atom stereocenters. The van der Waals surface area contributed by atoms with Gasteiger partial charge in [-0.15, -0.1) is 0 Å². The van der Waals surface area contributed by atoms with Crippen molar-refractivity contribution in [2.45, 2.75) is 50.7 Å². The van der Waals surface area contributed by atoms with Crippen molar-refractivity contribution < 1.29 is 13.2 Å². The molecule has 1 aliphatic rings. The van der Waals surface area contributed by atoms with Crippen molar-refractivity contribution in [3.8, 4) is 17.3 Å². The van der Waals surface area contributed by atoms with Gasteiger partial charge in [-0.1, -0.05) is 0 Å². The second kappa shape index (κ2) is 10.6. The van der Waals surface area contributed by atoms with Gasteiger partial charge in [0.2, 0.25) is 5.88 Å². The maximum Gasteiger partial charge on any atom is 0.263 e. The van der Waals surface area contributed by atoms with Gasteiger partial charge in [-0.3, -0.25) is 9.71 Å². The molecule has 0 spiro atoms. The largest absolute Gasteiger partial charge is 0.474 e. The molecule has 4 N–H and O–H groups in total. The van der Waals surface area contributed by atoms with Gasteiger partial charge in [0.25, 0.3) is 10.0 Å². The summed E-state index contributed by atoms with van der Waals surface area (Å²) in [6, 6.07) is 10.2. The molecule has 4 rings (SSSR count). The highest BCUT2D eigenvalue weighted by atomic mass is 32.2. The Hall–Kier alpha value is -3.57. The molecule has 190 valence electrons. The Balaban J connectivity index is 1.56. The fourth-order valence-corrected chi connectivity index (χ4v) is 5.12. The number of nitrogens with two attached hydrogens (primary N) is 1. The lowest BCUT2D eigenvalue weighted by Gasteiger charge is -2.34. The van der Waals surface area contributed by atoms with Gasteiger partial charge in [0.15, 0.2) is 5.82 Å². The summed E-state index contributed by atoms with van der Waals surface area (Å²) in [6.45, 7) is 7.87. The number of aromatic nitrogens is 3. The average molecular weight is 510 g/mol. The summed E-state index contributed by atoms with van der Waals surface area (Å²) in [7, 11) is -3.76. The number of pyridine rings is 1. The fourth-order valence-electron chi connectivity index (χ4n) is 4.10. The first-order valence-corrected chi connectivity index (χ1v) is 13.3. The number of sulfonamides is 1.